The molecule has 0 saturated carbocycles. The summed E-state index contributed by atoms with van der Waals surface area (Å²) in [5.41, 5.74) is 5.47. The third kappa shape index (κ3) is 5.40. The second kappa shape index (κ2) is 7.65. The summed E-state index contributed by atoms with van der Waals surface area (Å²) in [4.78, 5) is 10.6. The van der Waals surface area contributed by atoms with Gasteiger partial charge >= 0.3 is 0 Å². The summed E-state index contributed by atoms with van der Waals surface area (Å²) in [6.45, 7) is -0.153. The Morgan fingerprint density at radius 1 is 1.40 bits per heavy atom. The molecule has 0 spiro atoms. The predicted molar refractivity (Wildman–Crippen MR) is 74.0 cm³/mol. The van der Waals surface area contributed by atoms with Crippen LogP contribution in [0.5, 0.6) is 0 Å². The summed E-state index contributed by atoms with van der Waals surface area (Å²) in [6.07, 6.45) is 0.475. The van der Waals surface area contributed by atoms with E-state index < -0.39 is 15.9 Å². The normalized spacial score (nSPS) is 10.7. The van der Waals surface area contributed by atoms with E-state index in [9.17, 15) is 13.2 Å². The number of nitrogens with one attached hydrogen (secondary N) is 1. The second-order valence-corrected chi connectivity index (χ2v) is 5.72. The van der Waals surface area contributed by atoms with Gasteiger partial charge in [-0.25, -0.2) is 13.1 Å². The van der Waals surface area contributed by atoms with Gasteiger partial charge in [0.25, 0.3) is 0 Å². The van der Waals surface area contributed by atoms with E-state index in [-0.39, 0.29) is 24.5 Å². The van der Waals surface area contributed by atoms with Crippen molar-refractivity contribution in [1.82, 2.24) is 4.72 Å². The molecule has 0 aliphatic carbocycles. The summed E-state index contributed by atoms with van der Waals surface area (Å²) >= 11 is 0. The molecule has 0 radical (unpaired) electrons. The van der Waals surface area contributed by atoms with Crippen LogP contribution < -0.4 is 10.5 Å². The minimum Gasteiger partial charge on any atom is -0.384 e. The summed E-state index contributed by atoms with van der Waals surface area (Å²) in [5, 5.41) is 8.60. The maximum Gasteiger partial charge on any atom is 0.240 e. The number of benzene rings is 1. The number of nitrogens with two attached hydrogens (primary N) is 1. The molecule has 108 valence electrons. The third-order valence-corrected chi connectivity index (χ3v) is 3.81. The highest BCUT2D eigenvalue weighted by Crippen LogP contribution is 2.10. The summed E-state index contributed by atoms with van der Waals surface area (Å²) < 4.78 is 26.3. The van der Waals surface area contributed by atoms with E-state index in [0.717, 1.165) is 0 Å². The fourth-order valence-electron chi connectivity index (χ4n) is 1.44. The van der Waals surface area contributed by atoms with Gasteiger partial charge in [0.1, 0.15) is 6.61 Å². The summed E-state index contributed by atoms with van der Waals surface area (Å²) in [7, 11) is -3.64. The standard InChI is InChI=1S/C13H16N2O4S/c14-13(17)7-2-8-15-20(18,19)12-6-1-4-11(10-12)5-3-9-16/h1,4,6,10,15-16H,2,7-9H2,(H2,14,17). The minimum atomic E-state index is -3.64. The first kappa shape index (κ1) is 16.2. The Bertz CT molecular complexity index is 629. The lowest BCUT2D eigenvalue weighted by Gasteiger charge is -2.06. The Kier molecular flexibility index (Phi) is 6.18. The van der Waals surface area contributed by atoms with Crippen LogP contribution in [-0.4, -0.2) is 32.6 Å². The van der Waals surface area contributed by atoms with Gasteiger partial charge in [0.15, 0.2) is 0 Å². The number of aliphatic hydroxyl groups excluding tert-OH is 1. The van der Waals surface area contributed by atoms with Crippen LogP contribution in [-0.2, 0) is 14.8 Å². The molecule has 0 bridgehead atoms. The highest BCUT2D eigenvalue weighted by Gasteiger charge is 2.13. The lowest BCUT2D eigenvalue weighted by atomic mass is 10.2. The van der Waals surface area contributed by atoms with Crippen molar-refractivity contribution < 1.29 is 18.3 Å². The van der Waals surface area contributed by atoms with Crippen molar-refractivity contribution in [1.29, 1.82) is 0 Å². The monoisotopic (exact) mass is 296 g/mol. The van der Waals surface area contributed by atoms with Crippen molar-refractivity contribution >= 4 is 15.9 Å². The molecule has 0 unspecified atom stereocenters. The van der Waals surface area contributed by atoms with E-state index in [2.05, 4.69) is 16.6 Å². The number of hydrogen-bond donors (Lipinski definition) is 3. The quantitative estimate of drug-likeness (QED) is 0.489. The molecule has 0 aromatic heterocycles. The number of carbonyl (C=O) groups excluding carboxylic acids is 1. The molecule has 20 heavy (non-hydrogen) atoms. The van der Waals surface area contributed by atoms with Crippen LogP contribution in [0.2, 0.25) is 0 Å². The first-order valence-corrected chi connectivity index (χ1v) is 7.42. The first-order valence-electron chi connectivity index (χ1n) is 5.93. The average molecular weight is 296 g/mol. The van der Waals surface area contributed by atoms with E-state index >= 15 is 0 Å². The molecule has 4 N–H and O–H groups in total. The average Bonchev–Trinajstić information content (AvgIpc) is 2.41. The van der Waals surface area contributed by atoms with E-state index in [1.165, 1.54) is 12.1 Å². The van der Waals surface area contributed by atoms with Gasteiger partial charge in [-0.05, 0) is 24.6 Å². The number of sulfonamides is 1. The lowest BCUT2D eigenvalue weighted by Crippen LogP contribution is -2.25. The predicted octanol–water partition coefficient (Wildman–Crippen LogP) is -0.426. The second-order valence-electron chi connectivity index (χ2n) is 3.96. The maximum absolute atomic E-state index is 12.0. The molecule has 1 aromatic carbocycles. The number of rotatable bonds is 6. The van der Waals surface area contributed by atoms with Crippen molar-refractivity contribution in [3.8, 4) is 11.8 Å². The maximum atomic E-state index is 12.0. The number of hydrogen-bond acceptors (Lipinski definition) is 4. The van der Waals surface area contributed by atoms with Gasteiger partial charge < -0.3 is 10.8 Å². The SMILES string of the molecule is NC(=O)CCCNS(=O)(=O)c1cccc(C#CCO)c1. The Labute approximate surface area is 118 Å². The van der Waals surface area contributed by atoms with E-state index in [4.69, 9.17) is 10.8 Å². The van der Waals surface area contributed by atoms with Crippen LogP contribution in [0.4, 0.5) is 0 Å². The van der Waals surface area contributed by atoms with E-state index in [0.29, 0.717) is 12.0 Å². The topological polar surface area (TPSA) is 109 Å². The van der Waals surface area contributed by atoms with Gasteiger partial charge in [-0.3, -0.25) is 4.79 Å². The largest absolute Gasteiger partial charge is 0.384 e. The van der Waals surface area contributed by atoms with Crippen LogP contribution in [0.15, 0.2) is 29.2 Å². The molecule has 0 atom stereocenters. The van der Waals surface area contributed by atoms with Gasteiger partial charge in [-0.1, -0.05) is 17.9 Å². The Balaban J connectivity index is 2.74. The summed E-state index contributed by atoms with van der Waals surface area (Å²) in [6, 6.07) is 6.08. The molecule has 1 aromatic rings. The fourth-order valence-corrected chi connectivity index (χ4v) is 2.55. The van der Waals surface area contributed by atoms with Crippen LogP contribution in [0, 0.1) is 11.8 Å². The molecule has 6 nitrogen and oxygen atoms in total. The smallest absolute Gasteiger partial charge is 0.240 e. The molecule has 0 heterocycles. The van der Waals surface area contributed by atoms with Crippen molar-refractivity contribution in [3.63, 3.8) is 0 Å². The number of amides is 1. The number of primary amides is 1. The molecule has 0 aliphatic rings. The van der Waals surface area contributed by atoms with Crippen molar-refractivity contribution in [3.05, 3.63) is 29.8 Å². The highest BCUT2D eigenvalue weighted by molar-refractivity contribution is 7.89. The first-order chi connectivity index (χ1) is 9.45. The Morgan fingerprint density at radius 3 is 2.80 bits per heavy atom. The fraction of sp³-hybridized carbons (Fsp3) is 0.308. The molecular weight excluding hydrogens is 280 g/mol. The molecule has 0 saturated heterocycles. The number of carbonyl (C=O) groups is 1. The zero-order chi connectivity index (χ0) is 15.0. The van der Waals surface area contributed by atoms with Crippen LogP contribution >= 0.6 is 0 Å². The lowest BCUT2D eigenvalue weighted by molar-refractivity contribution is -0.118. The van der Waals surface area contributed by atoms with Gasteiger partial charge in [-0.15, -0.1) is 0 Å². The highest BCUT2D eigenvalue weighted by atomic mass is 32.2. The minimum absolute atomic E-state index is 0.0846. The Hall–Kier alpha value is -1.88. The molecule has 7 heteroatoms. The number of aliphatic hydroxyl groups is 1. The molecule has 1 amide bonds. The van der Waals surface area contributed by atoms with Crippen molar-refractivity contribution in [2.24, 2.45) is 5.73 Å². The molecule has 0 fully saturated rings. The zero-order valence-corrected chi connectivity index (χ0v) is 11.6. The molecular formula is C13H16N2O4S. The summed E-state index contributed by atoms with van der Waals surface area (Å²) in [5.74, 6) is 4.62. The van der Waals surface area contributed by atoms with E-state index in [1.54, 1.807) is 12.1 Å². The van der Waals surface area contributed by atoms with Gasteiger partial charge in [-0.2, -0.15) is 0 Å². The van der Waals surface area contributed by atoms with Crippen LogP contribution in [0.3, 0.4) is 0 Å². The Morgan fingerprint density at radius 2 is 2.15 bits per heavy atom. The van der Waals surface area contributed by atoms with Gasteiger partial charge in [0, 0.05) is 18.5 Å². The van der Waals surface area contributed by atoms with Crippen LogP contribution in [0.1, 0.15) is 18.4 Å². The van der Waals surface area contributed by atoms with Crippen molar-refractivity contribution in [2.75, 3.05) is 13.2 Å². The third-order valence-electron chi connectivity index (χ3n) is 2.35. The molecule has 0 aliphatic heterocycles. The van der Waals surface area contributed by atoms with E-state index in [1.807, 2.05) is 0 Å². The van der Waals surface area contributed by atoms with Crippen molar-refractivity contribution in [2.45, 2.75) is 17.7 Å². The van der Waals surface area contributed by atoms with Crippen LogP contribution in [0.25, 0.3) is 0 Å². The molecule has 1 rings (SSSR count). The zero-order valence-electron chi connectivity index (χ0n) is 10.8. The van der Waals surface area contributed by atoms with Gasteiger partial charge in [0.05, 0.1) is 4.90 Å². The van der Waals surface area contributed by atoms with Gasteiger partial charge in [0.2, 0.25) is 15.9 Å².